The molecule has 1 aromatic rings. The van der Waals surface area contributed by atoms with Crippen LogP contribution >= 0.6 is 0 Å². The van der Waals surface area contributed by atoms with Crippen molar-refractivity contribution in [2.75, 3.05) is 19.8 Å². The van der Waals surface area contributed by atoms with Crippen molar-refractivity contribution < 1.29 is 19.0 Å². The molecule has 1 aliphatic heterocycles. The van der Waals surface area contributed by atoms with E-state index in [2.05, 4.69) is 0 Å². The maximum absolute atomic E-state index is 11.2. The van der Waals surface area contributed by atoms with Crippen LogP contribution in [0.2, 0.25) is 0 Å². The highest BCUT2D eigenvalue weighted by Crippen LogP contribution is 2.16. The van der Waals surface area contributed by atoms with Gasteiger partial charge in [-0.15, -0.1) is 0 Å². The second-order valence-corrected chi connectivity index (χ2v) is 4.57. The topological polar surface area (TPSA) is 48.1 Å². The molecule has 4 nitrogen and oxygen atoms in total. The number of ether oxygens (including phenoxy) is 3. The summed E-state index contributed by atoms with van der Waals surface area (Å²) in [5, 5.41) is 0. The van der Waals surface area contributed by atoms with Gasteiger partial charge in [0, 0.05) is 6.42 Å². The zero-order chi connectivity index (χ0) is 13.5. The Hall–Kier alpha value is -1.55. The average Bonchev–Trinajstić information content (AvgIpc) is 3.22. The molecule has 0 radical (unpaired) electrons. The van der Waals surface area contributed by atoms with Gasteiger partial charge in [-0.2, -0.15) is 0 Å². The van der Waals surface area contributed by atoms with Crippen LogP contribution in [-0.2, 0) is 20.7 Å². The Morgan fingerprint density at radius 3 is 2.74 bits per heavy atom. The summed E-state index contributed by atoms with van der Waals surface area (Å²) in [7, 11) is 0. The molecule has 0 bridgehead atoms. The minimum atomic E-state index is -0.119. The van der Waals surface area contributed by atoms with Crippen LogP contribution in [0.15, 0.2) is 24.3 Å². The molecule has 2 rings (SSSR count). The van der Waals surface area contributed by atoms with Crippen molar-refractivity contribution in [3.63, 3.8) is 0 Å². The average molecular weight is 264 g/mol. The first-order chi connectivity index (χ1) is 9.28. The number of aryl methyl sites for hydroxylation is 1. The number of hydrogen-bond donors (Lipinski definition) is 0. The monoisotopic (exact) mass is 264 g/mol. The van der Waals surface area contributed by atoms with E-state index in [0.29, 0.717) is 19.6 Å². The van der Waals surface area contributed by atoms with Gasteiger partial charge in [-0.25, -0.2) is 0 Å². The summed E-state index contributed by atoms with van der Waals surface area (Å²) in [4.78, 5) is 11.2. The molecule has 0 amide bonds. The van der Waals surface area contributed by atoms with E-state index in [-0.39, 0.29) is 12.1 Å². The molecular formula is C15H20O4. The van der Waals surface area contributed by atoms with Gasteiger partial charge in [0.1, 0.15) is 18.5 Å². The highest BCUT2D eigenvalue weighted by atomic mass is 16.6. The maximum atomic E-state index is 11.2. The van der Waals surface area contributed by atoms with Gasteiger partial charge in [-0.1, -0.05) is 12.1 Å². The second kappa shape index (κ2) is 7.14. The van der Waals surface area contributed by atoms with Crippen LogP contribution in [0.1, 0.15) is 25.3 Å². The molecule has 0 aromatic heterocycles. The summed E-state index contributed by atoms with van der Waals surface area (Å²) in [6.45, 7) is 3.72. The highest BCUT2D eigenvalue weighted by Gasteiger charge is 2.22. The van der Waals surface area contributed by atoms with Crippen LogP contribution in [0.5, 0.6) is 5.75 Å². The Labute approximate surface area is 113 Å². The molecule has 0 spiro atoms. The summed E-state index contributed by atoms with van der Waals surface area (Å²) in [5.41, 5.74) is 1.21. The number of carbonyl (C=O) groups excluding carboxylic acids is 1. The summed E-state index contributed by atoms with van der Waals surface area (Å²) in [6.07, 6.45) is 2.45. The second-order valence-electron chi connectivity index (χ2n) is 4.57. The van der Waals surface area contributed by atoms with Crippen LogP contribution in [-0.4, -0.2) is 31.9 Å². The van der Waals surface area contributed by atoms with E-state index < -0.39 is 0 Å². The molecule has 0 aliphatic carbocycles. The third kappa shape index (κ3) is 5.30. The van der Waals surface area contributed by atoms with Crippen LogP contribution in [0.3, 0.4) is 0 Å². The van der Waals surface area contributed by atoms with E-state index in [9.17, 15) is 4.79 Å². The smallest absolute Gasteiger partial charge is 0.305 e. The Kier molecular flexibility index (Phi) is 5.21. The molecule has 104 valence electrons. The molecule has 19 heavy (non-hydrogen) atoms. The van der Waals surface area contributed by atoms with Crippen molar-refractivity contribution in [2.45, 2.75) is 32.3 Å². The number of epoxide rings is 1. The Morgan fingerprint density at radius 1 is 1.37 bits per heavy atom. The predicted octanol–water partition coefficient (Wildman–Crippen LogP) is 2.35. The lowest BCUT2D eigenvalue weighted by Gasteiger charge is -2.06. The van der Waals surface area contributed by atoms with Crippen molar-refractivity contribution in [3.8, 4) is 5.75 Å². The fourth-order valence-electron chi connectivity index (χ4n) is 1.78. The van der Waals surface area contributed by atoms with Crippen LogP contribution in [0.25, 0.3) is 0 Å². The summed E-state index contributed by atoms with van der Waals surface area (Å²) in [5.74, 6) is 0.747. The van der Waals surface area contributed by atoms with Crippen molar-refractivity contribution in [1.82, 2.24) is 0 Å². The first-order valence-electron chi connectivity index (χ1n) is 6.77. The summed E-state index contributed by atoms with van der Waals surface area (Å²) in [6, 6.07) is 7.99. The first kappa shape index (κ1) is 13.9. The lowest BCUT2D eigenvalue weighted by atomic mass is 10.1. The van der Waals surface area contributed by atoms with E-state index in [1.54, 1.807) is 0 Å². The highest BCUT2D eigenvalue weighted by molar-refractivity contribution is 5.69. The first-order valence-corrected chi connectivity index (χ1v) is 6.77. The number of carbonyl (C=O) groups is 1. The Bertz CT molecular complexity index is 395. The third-order valence-corrected chi connectivity index (χ3v) is 2.91. The zero-order valence-corrected chi connectivity index (χ0v) is 11.3. The largest absolute Gasteiger partial charge is 0.491 e. The lowest BCUT2D eigenvalue weighted by molar-refractivity contribution is -0.143. The fraction of sp³-hybridized carbons (Fsp3) is 0.533. The zero-order valence-electron chi connectivity index (χ0n) is 11.3. The maximum Gasteiger partial charge on any atom is 0.305 e. The summed E-state index contributed by atoms with van der Waals surface area (Å²) >= 11 is 0. The van der Waals surface area contributed by atoms with E-state index in [1.165, 1.54) is 5.56 Å². The Balaban J connectivity index is 1.67. The normalized spacial score (nSPS) is 17.0. The van der Waals surface area contributed by atoms with Crippen LogP contribution in [0.4, 0.5) is 0 Å². The molecule has 1 atom stereocenters. The molecule has 1 heterocycles. The molecule has 0 saturated carbocycles. The van der Waals surface area contributed by atoms with Crippen molar-refractivity contribution in [2.24, 2.45) is 0 Å². The van der Waals surface area contributed by atoms with Gasteiger partial charge in [0.25, 0.3) is 0 Å². The molecule has 1 unspecified atom stereocenters. The molecular weight excluding hydrogens is 244 g/mol. The minimum absolute atomic E-state index is 0.119. The van der Waals surface area contributed by atoms with Gasteiger partial charge in [0.2, 0.25) is 0 Å². The number of esters is 1. The van der Waals surface area contributed by atoms with Crippen molar-refractivity contribution >= 4 is 5.97 Å². The van der Waals surface area contributed by atoms with Gasteiger partial charge in [0.15, 0.2) is 0 Å². The van der Waals surface area contributed by atoms with E-state index in [4.69, 9.17) is 14.2 Å². The molecule has 4 heteroatoms. The predicted molar refractivity (Wildman–Crippen MR) is 71.2 cm³/mol. The molecule has 1 aliphatic rings. The van der Waals surface area contributed by atoms with Gasteiger partial charge in [0.05, 0.1) is 13.2 Å². The van der Waals surface area contributed by atoms with Crippen molar-refractivity contribution in [1.29, 1.82) is 0 Å². The van der Waals surface area contributed by atoms with Gasteiger partial charge in [-0.05, 0) is 37.5 Å². The quantitative estimate of drug-likeness (QED) is 0.534. The fourth-order valence-corrected chi connectivity index (χ4v) is 1.78. The third-order valence-electron chi connectivity index (χ3n) is 2.91. The molecule has 1 fully saturated rings. The van der Waals surface area contributed by atoms with Crippen molar-refractivity contribution in [3.05, 3.63) is 29.8 Å². The minimum Gasteiger partial charge on any atom is -0.491 e. The van der Waals surface area contributed by atoms with E-state index >= 15 is 0 Å². The standard InChI is InChI=1S/C15H20O4/c1-2-17-15(16)5-3-4-12-6-8-13(9-7-12)18-10-14-11-19-14/h6-9,14H,2-5,10-11H2,1H3. The number of rotatable bonds is 8. The Morgan fingerprint density at radius 2 is 2.11 bits per heavy atom. The number of hydrogen-bond acceptors (Lipinski definition) is 4. The van der Waals surface area contributed by atoms with Gasteiger partial charge < -0.3 is 14.2 Å². The molecule has 1 aromatic carbocycles. The number of benzene rings is 1. The molecule has 1 saturated heterocycles. The SMILES string of the molecule is CCOC(=O)CCCc1ccc(OCC2CO2)cc1. The van der Waals surface area contributed by atoms with E-state index in [1.807, 2.05) is 31.2 Å². The van der Waals surface area contributed by atoms with Crippen LogP contribution < -0.4 is 4.74 Å². The van der Waals surface area contributed by atoms with E-state index in [0.717, 1.165) is 25.2 Å². The lowest BCUT2D eigenvalue weighted by Crippen LogP contribution is -2.04. The molecule has 0 N–H and O–H groups in total. The van der Waals surface area contributed by atoms with Gasteiger partial charge in [-0.3, -0.25) is 4.79 Å². The van der Waals surface area contributed by atoms with Gasteiger partial charge >= 0.3 is 5.97 Å². The van der Waals surface area contributed by atoms with Crippen LogP contribution in [0, 0.1) is 0 Å². The summed E-state index contributed by atoms with van der Waals surface area (Å²) < 4.78 is 15.5.